The van der Waals surface area contributed by atoms with E-state index >= 15 is 0 Å². The number of benzene rings is 1. The predicted octanol–water partition coefficient (Wildman–Crippen LogP) is 4.04. The quantitative estimate of drug-likeness (QED) is 0.517. The number of hydrogen-bond acceptors (Lipinski definition) is 5. The van der Waals surface area contributed by atoms with Gasteiger partial charge in [0, 0.05) is 23.7 Å². The molecule has 0 radical (unpaired) electrons. The monoisotopic (exact) mass is 364 g/mol. The lowest BCUT2D eigenvalue weighted by Crippen LogP contribution is -2.09. The molecule has 2 N–H and O–H groups in total. The molecule has 1 aromatic carbocycles. The smallest absolute Gasteiger partial charge is 0.182 e. The third kappa shape index (κ3) is 3.72. The maximum absolute atomic E-state index is 13.5. The van der Waals surface area contributed by atoms with Gasteiger partial charge in [0.25, 0.3) is 0 Å². The SMILES string of the molecule is CCCCc1nc2cc(F)ccc2cc1CCNc1ncnc2nc[nH]c12. The minimum Gasteiger partial charge on any atom is -0.368 e. The number of unbranched alkanes of at least 4 members (excludes halogenated alkanes) is 1. The van der Waals surface area contributed by atoms with Gasteiger partial charge >= 0.3 is 0 Å². The van der Waals surface area contributed by atoms with E-state index in [4.69, 9.17) is 4.98 Å². The number of halogens is 1. The first kappa shape index (κ1) is 17.3. The lowest BCUT2D eigenvalue weighted by molar-refractivity contribution is 0.629. The summed E-state index contributed by atoms with van der Waals surface area (Å²) >= 11 is 0. The standard InChI is InChI=1S/C20H21FN6/c1-2-3-4-16-14(9-13-5-6-15(21)10-17(13)27-16)7-8-22-19-18-20(24-11-23-18)26-12-25-19/h5-6,9-12H,2-4,7-8H2,1H3,(H2,22,23,24,25,26). The maximum atomic E-state index is 13.5. The Morgan fingerprint density at radius 1 is 1.11 bits per heavy atom. The molecule has 27 heavy (non-hydrogen) atoms. The number of imidazole rings is 1. The van der Waals surface area contributed by atoms with Gasteiger partial charge in [-0.2, -0.15) is 0 Å². The van der Waals surface area contributed by atoms with E-state index in [1.54, 1.807) is 12.4 Å². The van der Waals surface area contributed by atoms with Gasteiger partial charge in [-0.25, -0.2) is 19.3 Å². The Kier molecular flexibility index (Phi) is 4.91. The first-order chi connectivity index (χ1) is 13.2. The average molecular weight is 364 g/mol. The van der Waals surface area contributed by atoms with Crippen LogP contribution in [-0.2, 0) is 12.8 Å². The molecule has 0 aliphatic rings. The molecular weight excluding hydrogens is 343 g/mol. The van der Waals surface area contributed by atoms with E-state index in [0.717, 1.165) is 48.1 Å². The maximum Gasteiger partial charge on any atom is 0.182 e. The fraction of sp³-hybridized carbons (Fsp3) is 0.300. The van der Waals surface area contributed by atoms with E-state index in [1.165, 1.54) is 24.0 Å². The van der Waals surface area contributed by atoms with Crippen molar-refractivity contribution in [3.05, 3.63) is 54.0 Å². The van der Waals surface area contributed by atoms with Crippen LogP contribution in [0.2, 0.25) is 0 Å². The van der Waals surface area contributed by atoms with Gasteiger partial charge in [-0.05, 0) is 43.0 Å². The summed E-state index contributed by atoms with van der Waals surface area (Å²) in [6.07, 6.45) is 6.98. The number of fused-ring (bicyclic) bond motifs is 2. The molecule has 3 aromatic heterocycles. The van der Waals surface area contributed by atoms with Gasteiger partial charge in [0.15, 0.2) is 11.5 Å². The van der Waals surface area contributed by atoms with Crippen molar-refractivity contribution in [3.8, 4) is 0 Å². The Labute approximate surface area is 156 Å². The summed E-state index contributed by atoms with van der Waals surface area (Å²) in [5, 5.41) is 4.32. The second-order valence-corrected chi connectivity index (χ2v) is 6.53. The number of hydrogen-bond donors (Lipinski definition) is 2. The van der Waals surface area contributed by atoms with Crippen LogP contribution in [0.5, 0.6) is 0 Å². The number of nitrogens with one attached hydrogen (secondary N) is 2. The van der Waals surface area contributed by atoms with Crippen LogP contribution < -0.4 is 5.32 Å². The molecule has 0 unspecified atom stereocenters. The molecule has 0 aliphatic carbocycles. The normalized spacial score (nSPS) is 11.3. The average Bonchev–Trinajstić information content (AvgIpc) is 3.16. The molecule has 4 aromatic rings. The fourth-order valence-electron chi connectivity index (χ4n) is 3.22. The second kappa shape index (κ2) is 7.65. The van der Waals surface area contributed by atoms with Crippen LogP contribution in [-0.4, -0.2) is 31.5 Å². The summed E-state index contributed by atoms with van der Waals surface area (Å²) in [7, 11) is 0. The number of anilines is 1. The van der Waals surface area contributed by atoms with E-state index in [-0.39, 0.29) is 5.82 Å². The van der Waals surface area contributed by atoms with Crippen molar-refractivity contribution in [1.29, 1.82) is 0 Å². The van der Waals surface area contributed by atoms with Crippen LogP contribution in [0.25, 0.3) is 22.1 Å². The zero-order valence-electron chi connectivity index (χ0n) is 15.2. The molecule has 0 atom stereocenters. The largest absolute Gasteiger partial charge is 0.368 e. The molecule has 0 aliphatic heterocycles. The first-order valence-electron chi connectivity index (χ1n) is 9.20. The van der Waals surface area contributed by atoms with Crippen molar-refractivity contribution in [2.45, 2.75) is 32.6 Å². The highest BCUT2D eigenvalue weighted by Crippen LogP contribution is 2.21. The Morgan fingerprint density at radius 2 is 2.04 bits per heavy atom. The van der Waals surface area contributed by atoms with E-state index in [9.17, 15) is 4.39 Å². The van der Waals surface area contributed by atoms with Crippen LogP contribution >= 0.6 is 0 Å². The molecule has 0 fully saturated rings. The molecule has 0 bridgehead atoms. The number of rotatable bonds is 7. The van der Waals surface area contributed by atoms with Gasteiger partial charge in [-0.1, -0.05) is 13.3 Å². The highest BCUT2D eigenvalue weighted by molar-refractivity contribution is 5.82. The summed E-state index contributed by atoms with van der Waals surface area (Å²) in [5.74, 6) is 0.488. The number of aromatic nitrogens is 5. The second-order valence-electron chi connectivity index (χ2n) is 6.53. The summed E-state index contributed by atoms with van der Waals surface area (Å²) in [5.41, 5.74) is 4.39. The minimum absolute atomic E-state index is 0.252. The van der Waals surface area contributed by atoms with Gasteiger partial charge < -0.3 is 10.3 Å². The van der Waals surface area contributed by atoms with Crippen LogP contribution in [0.4, 0.5) is 10.2 Å². The van der Waals surface area contributed by atoms with E-state index in [2.05, 4.69) is 38.2 Å². The van der Waals surface area contributed by atoms with Crippen molar-refractivity contribution >= 4 is 27.9 Å². The predicted molar refractivity (Wildman–Crippen MR) is 104 cm³/mol. The molecule has 4 rings (SSSR count). The number of H-pyrrole nitrogens is 1. The molecule has 3 heterocycles. The van der Waals surface area contributed by atoms with Crippen LogP contribution in [0.3, 0.4) is 0 Å². The summed E-state index contributed by atoms with van der Waals surface area (Å²) in [6, 6.07) is 6.90. The fourth-order valence-corrected chi connectivity index (χ4v) is 3.22. The molecule has 0 saturated heterocycles. The Hall–Kier alpha value is -3.09. The highest BCUT2D eigenvalue weighted by Gasteiger charge is 2.09. The van der Waals surface area contributed by atoms with E-state index in [0.29, 0.717) is 17.7 Å². The molecule has 6 nitrogen and oxygen atoms in total. The van der Waals surface area contributed by atoms with Gasteiger partial charge in [-0.15, -0.1) is 0 Å². The summed E-state index contributed by atoms with van der Waals surface area (Å²) in [6.45, 7) is 2.87. The molecule has 0 saturated carbocycles. The minimum atomic E-state index is -0.252. The number of aromatic amines is 1. The zero-order chi connectivity index (χ0) is 18.6. The van der Waals surface area contributed by atoms with Crippen molar-refractivity contribution in [2.75, 3.05) is 11.9 Å². The third-order valence-corrected chi connectivity index (χ3v) is 4.63. The summed E-state index contributed by atoms with van der Waals surface area (Å²) < 4.78 is 13.5. The molecule has 138 valence electrons. The van der Waals surface area contributed by atoms with Gasteiger partial charge in [0.2, 0.25) is 0 Å². The Balaban J connectivity index is 1.56. The zero-order valence-corrected chi connectivity index (χ0v) is 15.2. The Morgan fingerprint density at radius 3 is 2.93 bits per heavy atom. The van der Waals surface area contributed by atoms with Crippen LogP contribution in [0.15, 0.2) is 36.9 Å². The number of pyridine rings is 1. The molecule has 0 amide bonds. The topological polar surface area (TPSA) is 79.4 Å². The van der Waals surface area contributed by atoms with E-state index < -0.39 is 0 Å². The van der Waals surface area contributed by atoms with Gasteiger partial charge in [0.1, 0.15) is 17.7 Å². The highest BCUT2D eigenvalue weighted by atomic mass is 19.1. The van der Waals surface area contributed by atoms with Gasteiger partial charge in [-0.3, -0.25) is 4.98 Å². The number of nitrogens with zero attached hydrogens (tertiary/aromatic N) is 4. The first-order valence-corrected chi connectivity index (χ1v) is 9.20. The molecule has 7 heteroatoms. The molecule has 0 spiro atoms. The lowest BCUT2D eigenvalue weighted by Gasteiger charge is -2.12. The van der Waals surface area contributed by atoms with Crippen molar-refractivity contribution < 1.29 is 4.39 Å². The number of aryl methyl sites for hydroxylation is 1. The van der Waals surface area contributed by atoms with Crippen molar-refractivity contribution in [1.82, 2.24) is 24.9 Å². The van der Waals surface area contributed by atoms with Crippen LogP contribution in [0.1, 0.15) is 31.0 Å². The molecular formula is C20H21FN6. The van der Waals surface area contributed by atoms with Crippen molar-refractivity contribution in [2.24, 2.45) is 0 Å². The third-order valence-electron chi connectivity index (χ3n) is 4.63. The summed E-state index contributed by atoms with van der Waals surface area (Å²) in [4.78, 5) is 20.4. The van der Waals surface area contributed by atoms with E-state index in [1.807, 2.05) is 0 Å². The van der Waals surface area contributed by atoms with Crippen molar-refractivity contribution in [3.63, 3.8) is 0 Å². The Bertz CT molecular complexity index is 1070. The lowest BCUT2D eigenvalue weighted by atomic mass is 10.0. The van der Waals surface area contributed by atoms with Gasteiger partial charge in [0.05, 0.1) is 11.8 Å². The van der Waals surface area contributed by atoms with Crippen LogP contribution in [0, 0.1) is 5.82 Å².